The first-order valence-electron chi connectivity index (χ1n) is 13.0. The first kappa shape index (κ1) is 28.4. The van der Waals surface area contributed by atoms with Crippen LogP contribution in [0.3, 0.4) is 0 Å². The lowest BCUT2D eigenvalue weighted by Gasteiger charge is -2.16. The van der Waals surface area contributed by atoms with Crippen LogP contribution in [0.4, 0.5) is 0 Å². The fourth-order valence-corrected chi connectivity index (χ4v) is 3.78. The van der Waals surface area contributed by atoms with Crippen LogP contribution in [0.2, 0.25) is 0 Å². The van der Waals surface area contributed by atoms with Gasteiger partial charge in [0.2, 0.25) is 5.88 Å². The van der Waals surface area contributed by atoms with Crippen LogP contribution in [0.1, 0.15) is 115 Å². The molecule has 1 rings (SSSR count). The van der Waals surface area contributed by atoms with Gasteiger partial charge in [-0.2, -0.15) is 5.26 Å². The van der Waals surface area contributed by atoms with E-state index in [1.165, 1.54) is 103 Å². The number of hydrogen-bond acceptors (Lipinski definition) is 5. The summed E-state index contributed by atoms with van der Waals surface area (Å²) in [5, 5.41) is 18.2. The third-order valence-corrected chi connectivity index (χ3v) is 5.80. The number of ether oxygens (including phenoxy) is 2. The lowest BCUT2D eigenvalue weighted by Crippen LogP contribution is -2.27. The average molecular weight is 447 g/mol. The maximum Gasteiger partial charge on any atom is 0.213 e. The van der Waals surface area contributed by atoms with E-state index >= 15 is 0 Å². The molecule has 0 saturated carbocycles. The van der Waals surface area contributed by atoms with E-state index in [0.717, 1.165) is 6.42 Å². The molecule has 5 heteroatoms. The molecule has 1 aromatic rings. The highest BCUT2D eigenvalue weighted by molar-refractivity contribution is 5.28. The Morgan fingerprint density at radius 3 is 1.81 bits per heavy atom. The summed E-state index contributed by atoms with van der Waals surface area (Å²) < 4.78 is 11.3. The molecule has 0 spiro atoms. The number of aromatic nitrogens is 1. The molecule has 0 radical (unpaired) electrons. The van der Waals surface area contributed by atoms with Crippen molar-refractivity contribution in [3.05, 3.63) is 23.9 Å². The third-order valence-electron chi connectivity index (χ3n) is 5.80. The maximum atomic E-state index is 9.45. The van der Waals surface area contributed by atoms with E-state index in [1.54, 1.807) is 12.1 Å². The van der Waals surface area contributed by atoms with Crippen molar-refractivity contribution in [2.75, 3.05) is 19.8 Å². The summed E-state index contributed by atoms with van der Waals surface area (Å²) in [6, 6.07) is 5.30. The van der Waals surface area contributed by atoms with E-state index in [2.05, 4.69) is 11.9 Å². The zero-order valence-corrected chi connectivity index (χ0v) is 20.4. The SMILES string of the molecule is CCCCCCCCCCCCCCCCCCOC[C@H](CO)Oc1ccc(C#N)cn1. The van der Waals surface area contributed by atoms with E-state index in [1.807, 2.05) is 6.07 Å². The molecule has 0 amide bonds. The number of nitrogens with zero attached hydrogens (tertiary/aromatic N) is 2. The summed E-state index contributed by atoms with van der Waals surface area (Å²) in [5.74, 6) is 0.397. The van der Waals surface area contributed by atoms with Crippen molar-refractivity contribution in [1.29, 1.82) is 5.26 Å². The van der Waals surface area contributed by atoms with E-state index in [-0.39, 0.29) is 6.61 Å². The van der Waals surface area contributed by atoms with Gasteiger partial charge in [0.25, 0.3) is 0 Å². The Balaban J connectivity index is 1.84. The monoisotopic (exact) mass is 446 g/mol. The fourth-order valence-electron chi connectivity index (χ4n) is 3.78. The molecule has 1 aromatic heterocycles. The van der Waals surface area contributed by atoms with Crippen LogP contribution in [-0.4, -0.2) is 36.0 Å². The summed E-state index contributed by atoms with van der Waals surface area (Å²) in [4.78, 5) is 4.06. The number of rotatable bonds is 22. The van der Waals surface area contributed by atoms with Crippen LogP contribution in [0, 0.1) is 11.3 Å². The van der Waals surface area contributed by atoms with Crippen LogP contribution >= 0.6 is 0 Å². The van der Waals surface area contributed by atoms with Gasteiger partial charge in [0.1, 0.15) is 12.2 Å². The smallest absolute Gasteiger partial charge is 0.213 e. The minimum absolute atomic E-state index is 0.124. The summed E-state index contributed by atoms with van der Waals surface area (Å²) in [5.41, 5.74) is 0.484. The molecule has 0 saturated heterocycles. The number of nitriles is 1. The van der Waals surface area contributed by atoms with Gasteiger partial charge in [-0.15, -0.1) is 0 Å². The van der Waals surface area contributed by atoms with Gasteiger partial charge in [-0.1, -0.05) is 103 Å². The highest BCUT2D eigenvalue weighted by Crippen LogP contribution is 2.14. The highest BCUT2D eigenvalue weighted by atomic mass is 16.5. The zero-order valence-electron chi connectivity index (χ0n) is 20.4. The standard InChI is InChI=1S/C27H46N2O3/c1-2-3-4-5-6-7-8-9-10-11-12-13-14-15-16-17-20-31-24-26(23-30)32-27-19-18-25(21-28)22-29-27/h18-19,22,26,30H,2-17,20,23-24H2,1H3/t26-/m0/s1. The van der Waals surface area contributed by atoms with Gasteiger partial charge >= 0.3 is 0 Å². The third kappa shape index (κ3) is 16.1. The normalized spacial score (nSPS) is 11.9. The predicted octanol–water partition coefficient (Wildman–Crippen LogP) is 6.97. The number of pyridine rings is 1. The largest absolute Gasteiger partial charge is 0.469 e. The van der Waals surface area contributed by atoms with E-state index in [9.17, 15) is 5.11 Å². The Morgan fingerprint density at radius 1 is 0.844 bits per heavy atom. The van der Waals surface area contributed by atoms with E-state index in [4.69, 9.17) is 14.7 Å². The topological polar surface area (TPSA) is 75.4 Å². The highest BCUT2D eigenvalue weighted by Gasteiger charge is 2.10. The molecule has 32 heavy (non-hydrogen) atoms. The molecule has 0 fully saturated rings. The van der Waals surface area contributed by atoms with Gasteiger partial charge in [0.05, 0.1) is 18.8 Å². The first-order chi connectivity index (χ1) is 15.8. The molecule has 0 bridgehead atoms. The van der Waals surface area contributed by atoms with Crippen molar-refractivity contribution in [3.8, 4) is 11.9 Å². The molecular formula is C27H46N2O3. The van der Waals surface area contributed by atoms with Crippen LogP contribution in [0.15, 0.2) is 18.3 Å². The second-order valence-corrected chi connectivity index (χ2v) is 8.80. The maximum absolute atomic E-state index is 9.45. The Kier molecular flexibility index (Phi) is 18.8. The summed E-state index contributed by atoms with van der Waals surface area (Å²) in [6.45, 7) is 3.19. The molecule has 1 atom stereocenters. The van der Waals surface area contributed by atoms with Gasteiger partial charge in [-0.25, -0.2) is 4.98 Å². The lowest BCUT2D eigenvalue weighted by molar-refractivity contribution is 0.0167. The first-order valence-corrected chi connectivity index (χ1v) is 13.0. The van der Waals surface area contributed by atoms with Crippen molar-refractivity contribution in [1.82, 2.24) is 4.98 Å². The molecule has 0 aromatic carbocycles. The van der Waals surface area contributed by atoms with Crippen LogP contribution in [-0.2, 0) is 4.74 Å². The van der Waals surface area contributed by atoms with Crippen molar-refractivity contribution in [2.45, 2.75) is 116 Å². The quantitative estimate of drug-likeness (QED) is 0.195. The van der Waals surface area contributed by atoms with Crippen LogP contribution in [0.25, 0.3) is 0 Å². The second-order valence-electron chi connectivity index (χ2n) is 8.80. The van der Waals surface area contributed by atoms with Gasteiger partial charge in [-0.05, 0) is 12.5 Å². The Bertz CT molecular complexity index is 571. The van der Waals surface area contributed by atoms with Crippen molar-refractivity contribution >= 4 is 0 Å². The fraction of sp³-hybridized carbons (Fsp3) is 0.778. The summed E-state index contributed by atoms with van der Waals surface area (Å²) in [6.07, 6.45) is 22.7. The van der Waals surface area contributed by atoms with Crippen molar-refractivity contribution in [2.24, 2.45) is 0 Å². The van der Waals surface area contributed by atoms with E-state index in [0.29, 0.717) is 24.7 Å². The number of hydrogen-bond donors (Lipinski definition) is 1. The molecule has 1 heterocycles. The second kappa shape index (κ2) is 21.2. The molecule has 182 valence electrons. The van der Waals surface area contributed by atoms with Gasteiger partial charge < -0.3 is 14.6 Å². The van der Waals surface area contributed by atoms with Gasteiger partial charge in [0, 0.05) is 18.9 Å². The lowest BCUT2D eigenvalue weighted by atomic mass is 10.0. The molecule has 0 aliphatic rings. The Morgan fingerprint density at radius 2 is 1.38 bits per heavy atom. The summed E-state index contributed by atoms with van der Waals surface area (Å²) >= 11 is 0. The molecule has 1 N–H and O–H groups in total. The Hall–Kier alpha value is -1.64. The minimum Gasteiger partial charge on any atom is -0.469 e. The minimum atomic E-state index is -0.434. The van der Waals surface area contributed by atoms with Crippen molar-refractivity contribution in [3.63, 3.8) is 0 Å². The van der Waals surface area contributed by atoms with Gasteiger partial charge in [-0.3, -0.25) is 0 Å². The van der Waals surface area contributed by atoms with E-state index < -0.39 is 6.10 Å². The molecule has 0 unspecified atom stereocenters. The van der Waals surface area contributed by atoms with Crippen LogP contribution < -0.4 is 4.74 Å². The number of aliphatic hydroxyl groups excluding tert-OH is 1. The predicted molar refractivity (Wildman–Crippen MR) is 131 cm³/mol. The van der Waals surface area contributed by atoms with Gasteiger partial charge in [0.15, 0.2) is 0 Å². The Labute approximate surface area is 196 Å². The molecule has 5 nitrogen and oxygen atoms in total. The number of unbranched alkanes of at least 4 members (excludes halogenated alkanes) is 15. The zero-order chi connectivity index (χ0) is 23.1. The average Bonchev–Trinajstić information content (AvgIpc) is 2.83. The molecular weight excluding hydrogens is 400 g/mol. The summed E-state index contributed by atoms with van der Waals surface area (Å²) in [7, 11) is 0. The van der Waals surface area contributed by atoms with Crippen LogP contribution in [0.5, 0.6) is 5.88 Å². The molecule has 0 aliphatic carbocycles. The van der Waals surface area contributed by atoms with Crippen molar-refractivity contribution < 1.29 is 14.6 Å². The number of aliphatic hydroxyl groups is 1. The molecule has 0 aliphatic heterocycles.